The summed E-state index contributed by atoms with van der Waals surface area (Å²) in [4.78, 5) is 59.6. The normalized spacial score (nSPS) is 13.6. The van der Waals surface area contributed by atoms with Gasteiger partial charge in [-0.1, -0.05) is 6.42 Å². The van der Waals surface area contributed by atoms with Crippen molar-refractivity contribution in [1.82, 2.24) is 21.3 Å². The minimum Gasteiger partial charge on any atom is -0.353 e. The lowest BCUT2D eigenvalue weighted by molar-refractivity contribution is -0.125. The second-order valence-corrected chi connectivity index (χ2v) is 8.91. The van der Waals surface area contributed by atoms with Crippen LogP contribution in [0.15, 0.2) is 0 Å². The molecule has 0 spiro atoms. The van der Waals surface area contributed by atoms with E-state index in [4.69, 9.17) is 0 Å². The highest BCUT2D eigenvalue weighted by Gasteiger charge is 2.21. The number of hydrogen-bond donors (Lipinski definition) is 4. The van der Waals surface area contributed by atoms with Crippen molar-refractivity contribution in [3.05, 3.63) is 0 Å². The number of nitrogens with one attached hydrogen (secondary N) is 4. The van der Waals surface area contributed by atoms with Crippen LogP contribution in [0.1, 0.15) is 85.0 Å². The van der Waals surface area contributed by atoms with E-state index < -0.39 is 6.04 Å². The molecule has 9 nitrogen and oxygen atoms in total. The Labute approximate surface area is 198 Å². The van der Waals surface area contributed by atoms with Gasteiger partial charge in [0.1, 0.15) is 17.3 Å². The Morgan fingerprint density at radius 1 is 0.606 bits per heavy atom. The number of hydrogen-bond acceptors (Lipinski definition) is 7. The molecular weight excluding hydrogens is 424 g/mol. The maximum absolute atomic E-state index is 12.7. The van der Waals surface area contributed by atoms with Crippen molar-refractivity contribution >= 4 is 29.2 Å². The molecule has 0 aliphatic rings. The average molecular weight is 469 g/mol. The maximum atomic E-state index is 12.7. The third kappa shape index (κ3) is 18.0. The zero-order valence-corrected chi connectivity index (χ0v) is 21.1. The van der Waals surface area contributed by atoms with Crippen LogP contribution >= 0.6 is 0 Å². The SMILES string of the molecule is CNCCCCC(CC(C)=O)NC(=O)CC(CCC(C)=O)NC(=O)CC(CCC(C)=O)NC. The van der Waals surface area contributed by atoms with Gasteiger partial charge in [0.05, 0.1) is 0 Å². The summed E-state index contributed by atoms with van der Waals surface area (Å²) in [6, 6.07) is -0.862. The first kappa shape index (κ1) is 30.9. The highest BCUT2D eigenvalue weighted by molar-refractivity contribution is 5.82. The molecule has 0 aromatic rings. The van der Waals surface area contributed by atoms with Gasteiger partial charge in [-0.05, 0) is 67.1 Å². The molecule has 0 radical (unpaired) electrons. The number of carbonyl (C=O) groups excluding carboxylic acids is 5. The topological polar surface area (TPSA) is 133 Å². The molecule has 0 heterocycles. The molecule has 0 aliphatic heterocycles. The molecular formula is C24H44N4O5. The van der Waals surface area contributed by atoms with Crippen LogP contribution in [-0.2, 0) is 24.0 Å². The Kier molecular flexibility index (Phi) is 17.1. The second kappa shape index (κ2) is 18.3. The first-order chi connectivity index (χ1) is 15.6. The highest BCUT2D eigenvalue weighted by Crippen LogP contribution is 2.10. The summed E-state index contributed by atoms with van der Waals surface area (Å²) >= 11 is 0. The number of Topliss-reactive ketones (excluding diaryl/α,β-unsaturated/α-hetero) is 3. The van der Waals surface area contributed by atoms with Crippen molar-refractivity contribution < 1.29 is 24.0 Å². The zero-order chi connectivity index (χ0) is 25.2. The van der Waals surface area contributed by atoms with E-state index in [-0.39, 0.29) is 66.9 Å². The highest BCUT2D eigenvalue weighted by atomic mass is 16.2. The largest absolute Gasteiger partial charge is 0.353 e. The zero-order valence-electron chi connectivity index (χ0n) is 21.1. The molecule has 0 aromatic heterocycles. The molecule has 0 fully saturated rings. The van der Waals surface area contributed by atoms with Gasteiger partial charge in [-0.15, -0.1) is 0 Å². The Morgan fingerprint density at radius 2 is 1.09 bits per heavy atom. The van der Waals surface area contributed by atoms with Gasteiger partial charge < -0.3 is 30.9 Å². The lowest BCUT2D eigenvalue weighted by Gasteiger charge is -2.23. The first-order valence-electron chi connectivity index (χ1n) is 12.0. The summed E-state index contributed by atoms with van der Waals surface area (Å²) in [6.07, 6.45) is 4.61. The summed E-state index contributed by atoms with van der Waals surface area (Å²) in [7, 11) is 3.62. The predicted molar refractivity (Wildman–Crippen MR) is 129 cm³/mol. The summed E-state index contributed by atoms with van der Waals surface area (Å²) in [5.41, 5.74) is 0. The number of amides is 2. The van der Waals surface area contributed by atoms with Gasteiger partial charge in [0.25, 0.3) is 0 Å². The Bertz CT molecular complexity index is 638. The number of carbonyl (C=O) groups is 5. The lowest BCUT2D eigenvalue weighted by atomic mass is 10.0. The van der Waals surface area contributed by atoms with Crippen molar-refractivity contribution in [2.45, 2.75) is 103 Å². The van der Waals surface area contributed by atoms with Gasteiger partial charge in [0.15, 0.2) is 0 Å². The van der Waals surface area contributed by atoms with Gasteiger partial charge in [0, 0.05) is 50.2 Å². The monoisotopic (exact) mass is 468 g/mol. The fraction of sp³-hybridized carbons (Fsp3) is 0.792. The number of rotatable bonds is 20. The van der Waals surface area contributed by atoms with E-state index in [1.807, 2.05) is 7.05 Å². The summed E-state index contributed by atoms with van der Waals surface area (Å²) in [5, 5.41) is 11.9. The quantitative estimate of drug-likeness (QED) is 0.199. The molecule has 2 amide bonds. The minimum atomic E-state index is -0.478. The molecule has 3 atom stereocenters. The molecule has 4 N–H and O–H groups in total. The summed E-state index contributed by atoms with van der Waals surface area (Å²) in [5.74, 6) is -0.406. The lowest BCUT2D eigenvalue weighted by Crippen LogP contribution is -2.44. The fourth-order valence-corrected chi connectivity index (χ4v) is 3.61. The van der Waals surface area contributed by atoms with E-state index in [0.717, 1.165) is 19.4 Å². The van der Waals surface area contributed by atoms with Crippen LogP contribution in [0.2, 0.25) is 0 Å². The van der Waals surface area contributed by atoms with Gasteiger partial charge in [-0.25, -0.2) is 0 Å². The number of ketones is 3. The molecule has 0 saturated carbocycles. The summed E-state index contributed by atoms with van der Waals surface area (Å²) < 4.78 is 0. The van der Waals surface area contributed by atoms with E-state index in [0.29, 0.717) is 25.7 Å². The van der Waals surface area contributed by atoms with Crippen LogP contribution in [-0.4, -0.2) is 67.9 Å². The fourth-order valence-electron chi connectivity index (χ4n) is 3.61. The van der Waals surface area contributed by atoms with Crippen LogP contribution in [0.4, 0.5) is 0 Å². The Hall–Kier alpha value is -2.13. The van der Waals surface area contributed by atoms with E-state index >= 15 is 0 Å². The average Bonchev–Trinajstić information content (AvgIpc) is 2.71. The van der Waals surface area contributed by atoms with E-state index in [1.54, 1.807) is 7.05 Å². The molecule has 0 bridgehead atoms. The first-order valence-corrected chi connectivity index (χ1v) is 12.0. The van der Waals surface area contributed by atoms with Gasteiger partial charge >= 0.3 is 0 Å². The minimum absolute atomic E-state index is 0.0109. The third-order valence-electron chi connectivity index (χ3n) is 5.46. The van der Waals surface area contributed by atoms with Crippen LogP contribution in [0.5, 0.6) is 0 Å². The van der Waals surface area contributed by atoms with Crippen molar-refractivity contribution in [2.75, 3.05) is 20.6 Å². The van der Waals surface area contributed by atoms with E-state index in [1.165, 1.54) is 20.8 Å². The van der Waals surface area contributed by atoms with Crippen LogP contribution in [0.25, 0.3) is 0 Å². The molecule has 0 aromatic carbocycles. The van der Waals surface area contributed by atoms with Crippen LogP contribution in [0, 0.1) is 0 Å². The number of unbranched alkanes of at least 4 members (excludes halogenated alkanes) is 1. The van der Waals surface area contributed by atoms with Crippen molar-refractivity contribution in [2.24, 2.45) is 0 Å². The molecule has 9 heteroatoms. The van der Waals surface area contributed by atoms with Gasteiger partial charge in [-0.3, -0.25) is 14.4 Å². The smallest absolute Gasteiger partial charge is 0.222 e. The molecule has 3 unspecified atom stereocenters. The Morgan fingerprint density at radius 3 is 1.55 bits per heavy atom. The van der Waals surface area contributed by atoms with Crippen molar-refractivity contribution in [3.8, 4) is 0 Å². The summed E-state index contributed by atoms with van der Waals surface area (Å²) in [6.45, 7) is 5.38. The molecule has 0 aliphatic carbocycles. The second-order valence-electron chi connectivity index (χ2n) is 8.91. The van der Waals surface area contributed by atoms with Crippen molar-refractivity contribution in [1.29, 1.82) is 0 Å². The van der Waals surface area contributed by atoms with E-state index in [2.05, 4.69) is 21.3 Å². The Balaban J connectivity index is 4.93. The predicted octanol–water partition coefficient (Wildman–Crippen LogP) is 1.43. The third-order valence-corrected chi connectivity index (χ3v) is 5.46. The van der Waals surface area contributed by atoms with Gasteiger partial charge in [-0.2, -0.15) is 0 Å². The van der Waals surface area contributed by atoms with Crippen LogP contribution in [0.3, 0.4) is 0 Å². The van der Waals surface area contributed by atoms with Crippen molar-refractivity contribution in [3.63, 3.8) is 0 Å². The van der Waals surface area contributed by atoms with Gasteiger partial charge in [0.2, 0.25) is 11.8 Å². The molecule has 0 rings (SSSR count). The molecule has 33 heavy (non-hydrogen) atoms. The molecule has 0 saturated heterocycles. The maximum Gasteiger partial charge on any atom is 0.222 e. The molecule has 190 valence electrons. The van der Waals surface area contributed by atoms with E-state index in [9.17, 15) is 24.0 Å². The van der Waals surface area contributed by atoms with Crippen LogP contribution < -0.4 is 21.3 Å². The standard InChI is InChI=1S/C24H44N4O5/c1-17(29)9-11-20(26-5)15-23(32)28-22(12-10-18(2)30)16-24(33)27-21(14-19(3)31)8-6-7-13-25-4/h20-22,25-26H,6-16H2,1-5H3,(H,27,33)(H,28,32).